The predicted octanol–water partition coefficient (Wildman–Crippen LogP) is 2.37. The summed E-state index contributed by atoms with van der Waals surface area (Å²) in [4.78, 5) is 19.2. The van der Waals surface area contributed by atoms with Crippen molar-refractivity contribution in [1.29, 1.82) is 0 Å². The first kappa shape index (κ1) is 21.9. The van der Waals surface area contributed by atoms with Crippen LogP contribution in [0, 0.1) is 13.8 Å². The summed E-state index contributed by atoms with van der Waals surface area (Å²) in [7, 11) is -0.249. The van der Waals surface area contributed by atoms with Gasteiger partial charge in [0.2, 0.25) is 0 Å². The maximum atomic E-state index is 12.7. The van der Waals surface area contributed by atoms with Gasteiger partial charge in [-0.3, -0.25) is 4.79 Å². The Morgan fingerprint density at radius 3 is 2.43 bits per heavy atom. The van der Waals surface area contributed by atoms with E-state index in [4.69, 9.17) is 19.8 Å². The number of benzene rings is 2. The zero-order valence-corrected chi connectivity index (χ0v) is 16.8. The SMILES string of the molecule is Cc1ccccc1OOPNc1cc(C)c(O)c(C(=O)N(CCO)CCO)c1. The second kappa shape index (κ2) is 10.8. The van der Waals surface area contributed by atoms with Crippen LogP contribution in [0.25, 0.3) is 0 Å². The minimum Gasteiger partial charge on any atom is -0.507 e. The van der Waals surface area contributed by atoms with Crippen LogP contribution in [0.4, 0.5) is 5.69 Å². The van der Waals surface area contributed by atoms with Gasteiger partial charge in [0.15, 0.2) is 14.7 Å². The van der Waals surface area contributed by atoms with Crippen LogP contribution in [0.2, 0.25) is 0 Å². The molecule has 1 unspecified atom stereocenters. The largest absolute Gasteiger partial charge is 0.507 e. The second-order valence-corrected chi connectivity index (χ2v) is 6.71. The Kier molecular flexibility index (Phi) is 8.47. The number of aliphatic hydroxyl groups is 2. The van der Waals surface area contributed by atoms with Gasteiger partial charge in [-0.05, 0) is 43.2 Å². The van der Waals surface area contributed by atoms with Crippen LogP contribution in [-0.2, 0) is 4.67 Å². The van der Waals surface area contributed by atoms with Gasteiger partial charge in [-0.2, -0.15) is 0 Å². The number of nitrogens with one attached hydrogen (secondary N) is 1. The fraction of sp³-hybridized carbons (Fsp3) is 0.316. The molecule has 2 rings (SSSR count). The lowest BCUT2D eigenvalue weighted by Crippen LogP contribution is -2.36. The number of hydrogen-bond acceptors (Lipinski definition) is 7. The first-order chi connectivity index (χ1) is 13.5. The van der Waals surface area contributed by atoms with E-state index in [1.165, 1.54) is 11.0 Å². The lowest BCUT2D eigenvalue weighted by atomic mass is 10.1. The number of anilines is 1. The van der Waals surface area contributed by atoms with E-state index in [0.717, 1.165) is 5.56 Å². The van der Waals surface area contributed by atoms with Crippen molar-refractivity contribution in [3.8, 4) is 11.5 Å². The summed E-state index contributed by atoms with van der Waals surface area (Å²) < 4.78 is 5.19. The van der Waals surface area contributed by atoms with Crippen molar-refractivity contribution in [1.82, 2.24) is 4.90 Å². The predicted molar refractivity (Wildman–Crippen MR) is 108 cm³/mol. The number of rotatable bonds is 10. The van der Waals surface area contributed by atoms with Crippen LogP contribution in [0.3, 0.4) is 0 Å². The molecule has 0 radical (unpaired) electrons. The zero-order chi connectivity index (χ0) is 20.5. The van der Waals surface area contributed by atoms with E-state index in [1.807, 2.05) is 25.1 Å². The quantitative estimate of drug-likeness (QED) is 0.157. The van der Waals surface area contributed by atoms with Gasteiger partial charge in [0.05, 0.1) is 18.8 Å². The normalized spacial score (nSPS) is 11.0. The highest BCUT2D eigenvalue weighted by atomic mass is 31.1. The minimum atomic E-state index is -0.479. The van der Waals surface area contributed by atoms with Crippen molar-refractivity contribution in [2.75, 3.05) is 31.4 Å². The maximum absolute atomic E-state index is 12.7. The average molecular weight is 408 g/mol. The third-order valence-electron chi connectivity index (χ3n) is 4.02. The van der Waals surface area contributed by atoms with Crippen LogP contribution >= 0.6 is 8.96 Å². The molecule has 0 aliphatic carbocycles. The molecule has 0 saturated carbocycles. The topological polar surface area (TPSA) is 111 Å². The van der Waals surface area contributed by atoms with Gasteiger partial charge in [0.25, 0.3) is 5.91 Å². The van der Waals surface area contributed by atoms with E-state index in [0.29, 0.717) is 17.0 Å². The lowest BCUT2D eigenvalue weighted by Gasteiger charge is -2.22. The second-order valence-electron chi connectivity index (χ2n) is 6.09. The highest BCUT2D eigenvalue weighted by Crippen LogP contribution is 2.30. The fourth-order valence-corrected chi connectivity index (χ4v) is 2.97. The van der Waals surface area contributed by atoms with E-state index in [-0.39, 0.29) is 46.6 Å². The van der Waals surface area contributed by atoms with Gasteiger partial charge < -0.3 is 30.2 Å². The molecule has 28 heavy (non-hydrogen) atoms. The van der Waals surface area contributed by atoms with E-state index >= 15 is 0 Å². The number of hydrogen-bond donors (Lipinski definition) is 4. The van der Waals surface area contributed by atoms with E-state index in [1.54, 1.807) is 19.1 Å². The third-order valence-corrected chi connectivity index (χ3v) is 4.58. The van der Waals surface area contributed by atoms with Crippen molar-refractivity contribution in [3.63, 3.8) is 0 Å². The number of carbonyl (C=O) groups excluding carboxylic acids is 1. The Bertz CT molecular complexity index is 796. The summed E-state index contributed by atoms with van der Waals surface area (Å²) in [5, 5.41) is 31.5. The summed E-state index contributed by atoms with van der Waals surface area (Å²) in [6.45, 7) is 3.22. The molecule has 1 atom stereocenters. The molecule has 0 aliphatic heterocycles. The Balaban J connectivity index is 2.05. The summed E-state index contributed by atoms with van der Waals surface area (Å²) in [6.07, 6.45) is 0. The van der Waals surface area contributed by atoms with E-state index in [9.17, 15) is 9.90 Å². The lowest BCUT2D eigenvalue weighted by molar-refractivity contribution is -0.0840. The number of para-hydroxylation sites is 1. The van der Waals surface area contributed by atoms with Crippen LogP contribution < -0.4 is 9.97 Å². The van der Waals surface area contributed by atoms with Crippen molar-refractivity contribution >= 4 is 20.6 Å². The summed E-state index contributed by atoms with van der Waals surface area (Å²) >= 11 is 0. The number of phenols is 1. The van der Waals surface area contributed by atoms with Crippen molar-refractivity contribution in [2.24, 2.45) is 0 Å². The summed E-state index contributed by atoms with van der Waals surface area (Å²) in [5.41, 5.74) is 2.09. The Hall–Kier alpha value is -2.38. The molecule has 8 nitrogen and oxygen atoms in total. The van der Waals surface area contributed by atoms with Gasteiger partial charge in [0, 0.05) is 18.8 Å². The minimum absolute atomic E-state index is 0.0602. The van der Waals surface area contributed by atoms with Gasteiger partial charge in [-0.1, -0.05) is 18.2 Å². The summed E-state index contributed by atoms with van der Waals surface area (Å²) in [6, 6.07) is 10.6. The molecular formula is C19H25N2O6P. The molecule has 152 valence electrons. The number of amides is 1. The first-order valence-corrected chi connectivity index (χ1v) is 9.63. The molecule has 0 aromatic heterocycles. The number of aryl methyl sites for hydroxylation is 2. The standard InChI is InChI=1S/C19H25N2O6P/c1-13-5-3-4-6-17(13)26-27-28-20-15-11-14(2)18(24)16(12-15)19(25)21(7-9-22)8-10-23/h3-6,11-12,20,22-24,28H,7-10H2,1-2H3. The summed E-state index contributed by atoms with van der Waals surface area (Å²) in [5.74, 6) is -0.0113. The Morgan fingerprint density at radius 2 is 1.79 bits per heavy atom. The molecule has 2 aromatic rings. The number of aromatic hydroxyl groups is 1. The number of nitrogens with zero attached hydrogens (tertiary/aromatic N) is 1. The van der Waals surface area contributed by atoms with Gasteiger partial charge >= 0.3 is 0 Å². The molecule has 9 heteroatoms. The number of phenolic OH excluding ortho intramolecular Hbond substituents is 1. The van der Waals surface area contributed by atoms with Gasteiger partial charge in [-0.15, -0.1) is 4.67 Å². The average Bonchev–Trinajstić information content (AvgIpc) is 2.68. The fourth-order valence-electron chi connectivity index (χ4n) is 2.54. The van der Waals surface area contributed by atoms with Crippen LogP contribution in [-0.4, -0.2) is 52.4 Å². The molecule has 0 heterocycles. The molecule has 4 N–H and O–H groups in total. The van der Waals surface area contributed by atoms with Gasteiger partial charge in [0.1, 0.15) is 5.75 Å². The third kappa shape index (κ3) is 5.81. The molecule has 0 spiro atoms. The van der Waals surface area contributed by atoms with Crippen LogP contribution in [0.15, 0.2) is 36.4 Å². The van der Waals surface area contributed by atoms with Gasteiger partial charge in [-0.25, -0.2) is 0 Å². The zero-order valence-electron chi connectivity index (χ0n) is 15.8. The molecule has 0 aliphatic rings. The molecule has 0 fully saturated rings. The number of aliphatic hydroxyl groups excluding tert-OH is 2. The smallest absolute Gasteiger partial charge is 0.257 e. The van der Waals surface area contributed by atoms with E-state index < -0.39 is 5.91 Å². The Labute approximate surface area is 165 Å². The van der Waals surface area contributed by atoms with Crippen molar-refractivity contribution < 1.29 is 29.7 Å². The molecule has 1 amide bonds. The first-order valence-electron chi connectivity index (χ1n) is 8.72. The van der Waals surface area contributed by atoms with Crippen molar-refractivity contribution in [2.45, 2.75) is 13.8 Å². The monoisotopic (exact) mass is 408 g/mol. The molecule has 2 aromatic carbocycles. The molecule has 0 bridgehead atoms. The Morgan fingerprint density at radius 1 is 1.11 bits per heavy atom. The highest BCUT2D eigenvalue weighted by Gasteiger charge is 2.20. The van der Waals surface area contributed by atoms with Crippen molar-refractivity contribution in [3.05, 3.63) is 53.1 Å². The van der Waals surface area contributed by atoms with Crippen LogP contribution in [0.5, 0.6) is 11.5 Å². The van der Waals surface area contributed by atoms with Crippen LogP contribution in [0.1, 0.15) is 21.5 Å². The highest BCUT2D eigenvalue weighted by molar-refractivity contribution is 7.34. The molecular weight excluding hydrogens is 383 g/mol. The number of carbonyl (C=O) groups is 1. The maximum Gasteiger partial charge on any atom is 0.257 e. The molecule has 0 saturated heterocycles. The van der Waals surface area contributed by atoms with E-state index in [2.05, 4.69) is 5.09 Å².